The van der Waals surface area contributed by atoms with Crippen LogP contribution in [-0.4, -0.2) is 4.98 Å². The van der Waals surface area contributed by atoms with E-state index in [9.17, 15) is 0 Å². The Morgan fingerprint density at radius 2 is 2.20 bits per heavy atom. The van der Waals surface area contributed by atoms with Crippen molar-refractivity contribution in [3.63, 3.8) is 0 Å². The minimum absolute atomic E-state index is 0.459. The molecule has 0 atom stereocenters. The maximum atomic E-state index is 5.88. The molecule has 0 fully saturated rings. The number of halogens is 1. The van der Waals surface area contributed by atoms with Crippen LogP contribution in [0.5, 0.6) is 0 Å². The Morgan fingerprint density at radius 3 is 2.60 bits per heavy atom. The molecule has 1 aromatic rings. The first-order valence-corrected chi connectivity index (χ1v) is 3.69. The summed E-state index contributed by atoms with van der Waals surface area (Å²) < 4.78 is 0. The summed E-state index contributed by atoms with van der Waals surface area (Å²) in [5.74, 6) is 0.459. The predicted octanol–water partition coefficient (Wildman–Crippen LogP) is 2.86. The molecule has 0 aliphatic heterocycles. The lowest BCUT2D eigenvalue weighted by molar-refractivity contribution is 0.858. The van der Waals surface area contributed by atoms with Gasteiger partial charge in [0, 0.05) is 17.4 Å². The summed E-state index contributed by atoms with van der Waals surface area (Å²) in [4.78, 5) is 3.98. The van der Waals surface area contributed by atoms with Crippen molar-refractivity contribution in [3.8, 4) is 0 Å². The molecule has 0 aromatic carbocycles. The molecular weight excluding hydrogens is 146 g/mol. The Hall–Kier alpha value is -0.560. The Bertz CT molecular complexity index is 220. The van der Waals surface area contributed by atoms with Crippen molar-refractivity contribution in [3.05, 3.63) is 29.0 Å². The van der Waals surface area contributed by atoms with Gasteiger partial charge in [-0.3, -0.25) is 4.98 Å². The Kier molecular flexibility index (Phi) is 2.28. The zero-order chi connectivity index (χ0) is 7.56. The average molecular weight is 156 g/mol. The van der Waals surface area contributed by atoms with Gasteiger partial charge in [0.25, 0.3) is 0 Å². The van der Waals surface area contributed by atoms with E-state index in [4.69, 9.17) is 11.6 Å². The molecule has 0 N–H and O–H groups in total. The van der Waals surface area contributed by atoms with Gasteiger partial charge in [-0.25, -0.2) is 0 Å². The number of nitrogens with zero attached hydrogens (tertiary/aromatic N) is 1. The lowest BCUT2D eigenvalue weighted by Gasteiger charge is -2.04. The fourth-order valence-electron chi connectivity index (χ4n) is 0.815. The van der Waals surface area contributed by atoms with Gasteiger partial charge in [0.2, 0.25) is 0 Å². The van der Waals surface area contributed by atoms with E-state index in [0.29, 0.717) is 5.92 Å². The maximum Gasteiger partial charge on any atom is 0.0471 e. The summed E-state index contributed by atoms with van der Waals surface area (Å²) in [7, 11) is 0. The summed E-state index contributed by atoms with van der Waals surface area (Å²) in [5, 5.41) is 0.810. The summed E-state index contributed by atoms with van der Waals surface area (Å²) in [5.41, 5.74) is 1.11. The second-order valence-electron chi connectivity index (χ2n) is 2.55. The van der Waals surface area contributed by atoms with Gasteiger partial charge < -0.3 is 0 Å². The molecule has 0 spiro atoms. The third-order valence-electron chi connectivity index (χ3n) is 1.42. The van der Waals surface area contributed by atoms with Crippen molar-refractivity contribution in [1.29, 1.82) is 0 Å². The zero-order valence-electron chi connectivity index (χ0n) is 6.13. The van der Waals surface area contributed by atoms with Crippen LogP contribution in [0.4, 0.5) is 0 Å². The highest BCUT2D eigenvalue weighted by Crippen LogP contribution is 2.21. The zero-order valence-corrected chi connectivity index (χ0v) is 6.89. The van der Waals surface area contributed by atoms with Crippen LogP contribution in [0.25, 0.3) is 0 Å². The van der Waals surface area contributed by atoms with Crippen LogP contribution >= 0.6 is 11.6 Å². The molecule has 0 aliphatic carbocycles. The van der Waals surface area contributed by atoms with E-state index >= 15 is 0 Å². The van der Waals surface area contributed by atoms with Crippen LogP contribution in [0, 0.1) is 0 Å². The Balaban J connectivity index is 3.03. The molecule has 0 aliphatic rings. The largest absolute Gasteiger partial charge is 0.264 e. The minimum atomic E-state index is 0.459. The molecule has 0 saturated heterocycles. The van der Waals surface area contributed by atoms with Crippen LogP contribution in [0.1, 0.15) is 25.3 Å². The molecule has 2 heteroatoms. The van der Waals surface area contributed by atoms with E-state index in [1.54, 1.807) is 6.20 Å². The van der Waals surface area contributed by atoms with E-state index in [0.717, 1.165) is 10.6 Å². The lowest BCUT2D eigenvalue weighted by atomic mass is 10.1. The quantitative estimate of drug-likeness (QED) is 0.608. The van der Waals surface area contributed by atoms with Crippen molar-refractivity contribution in [2.45, 2.75) is 19.8 Å². The number of rotatable bonds is 1. The summed E-state index contributed by atoms with van der Waals surface area (Å²) in [6.07, 6.45) is 3.52. The summed E-state index contributed by atoms with van der Waals surface area (Å²) in [6.45, 7) is 4.20. The smallest absolute Gasteiger partial charge is 0.0471 e. The van der Waals surface area contributed by atoms with Gasteiger partial charge in [0.05, 0.1) is 0 Å². The molecule has 1 heterocycles. The third kappa shape index (κ3) is 1.48. The minimum Gasteiger partial charge on any atom is -0.264 e. The molecule has 0 unspecified atom stereocenters. The first-order valence-electron chi connectivity index (χ1n) is 3.31. The first-order chi connectivity index (χ1) is 4.72. The highest BCUT2D eigenvalue weighted by Gasteiger charge is 2.02. The van der Waals surface area contributed by atoms with Gasteiger partial charge in [-0.1, -0.05) is 25.4 Å². The molecule has 1 nitrogen and oxygen atoms in total. The Labute approximate surface area is 66.0 Å². The topological polar surface area (TPSA) is 12.9 Å². The van der Waals surface area contributed by atoms with Gasteiger partial charge in [0.15, 0.2) is 0 Å². The molecule has 0 radical (unpaired) electrons. The monoisotopic (exact) mass is 155 g/mol. The SMILES string of the molecule is CC(C)c1cnccc1Cl. The molecule has 54 valence electrons. The van der Waals surface area contributed by atoms with Crippen molar-refractivity contribution < 1.29 is 0 Å². The molecule has 0 amide bonds. The van der Waals surface area contributed by atoms with E-state index in [-0.39, 0.29) is 0 Å². The second kappa shape index (κ2) is 3.02. The molecule has 0 bridgehead atoms. The van der Waals surface area contributed by atoms with Crippen molar-refractivity contribution in [1.82, 2.24) is 4.98 Å². The van der Waals surface area contributed by atoms with Crippen LogP contribution in [0.2, 0.25) is 5.02 Å². The van der Waals surface area contributed by atoms with Crippen molar-refractivity contribution >= 4 is 11.6 Å². The average Bonchev–Trinajstić information content (AvgIpc) is 1.88. The van der Waals surface area contributed by atoms with Crippen LogP contribution < -0.4 is 0 Å². The normalized spacial score (nSPS) is 10.4. The lowest BCUT2D eigenvalue weighted by Crippen LogP contribution is -1.88. The van der Waals surface area contributed by atoms with Crippen molar-refractivity contribution in [2.75, 3.05) is 0 Å². The standard InChI is InChI=1S/C8H10ClN/c1-6(2)7-5-10-4-3-8(7)9/h3-6H,1-2H3. The first kappa shape index (κ1) is 7.55. The fraction of sp³-hybridized carbons (Fsp3) is 0.375. The fourth-order valence-corrected chi connectivity index (χ4v) is 1.14. The molecule has 1 aromatic heterocycles. The van der Waals surface area contributed by atoms with Gasteiger partial charge in [-0.05, 0) is 17.5 Å². The van der Waals surface area contributed by atoms with E-state index in [1.807, 2.05) is 12.3 Å². The number of aromatic nitrogens is 1. The maximum absolute atomic E-state index is 5.88. The van der Waals surface area contributed by atoms with Gasteiger partial charge in [0.1, 0.15) is 0 Å². The van der Waals surface area contributed by atoms with E-state index < -0.39 is 0 Å². The molecule has 0 saturated carbocycles. The molecule has 10 heavy (non-hydrogen) atoms. The number of pyridine rings is 1. The van der Waals surface area contributed by atoms with Crippen LogP contribution in [0.15, 0.2) is 18.5 Å². The molecule has 1 rings (SSSR count). The van der Waals surface area contributed by atoms with Crippen molar-refractivity contribution in [2.24, 2.45) is 0 Å². The number of hydrogen-bond acceptors (Lipinski definition) is 1. The second-order valence-corrected chi connectivity index (χ2v) is 2.96. The predicted molar refractivity (Wildman–Crippen MR) is 43.3 cm³/mol. The van der Waals surface area contributed by atoms with Gasteiger partial charge in [-0.2, -0.15) is 0 Å². The van der Waals surface area contributed by atoms with Crippen LogP contribution in [-0.2, 0) is 0 Å². The number of hydrogen-bond donors (Lipinski definition) is 0. The summed E-state index contributed by atoms with van der Waals surface area (Å²) in [6, 6.07) is 1.82. The van der Waals surface area contributed by atoms with E-state index in [1.165, 1.54) is 0 Å². The highest BCUT2D eigenvalue weighted by molar-refractivity contribution is 6.31. The summed E-state index contributed by atoms with van der Waals surface area (Å²) >= 11 is 5.88. The van der Waals surface area contributed by atoms with E-state index in [2.05, 4.69) is 18.8 Å². The highest BCUT2D eigenvalue weighted by atomic mass is 35.5. The van der Waals surface area contributed by atoms with Crippen LogP contribution in [0.3, 0.4) is 0 Å². The Morgan fingerprint density at radius 1 is 1.50 bits per heavy atom. The van der Waals surface area contributed by atoms with Gasteiger partial charge in [-0.15, -0.1) is 0 Å². The third-order valence-corrected chi connectivity index (χ3v) is 1.76. The van der Waals surface area contributed by atoms with Gasteiger partial charge >= 0.3 is 0 Å². The molecular formula is C8H10ClN.